The lowest BCUT2D eigenvalue weighted by atomic mass is 9.62. The molecule has 2 nitrogen and oxygen atoms in total. The maximum atomic E-state index is 10.5. The summed E-state index contributed by atoms with van der Waals surface area (Å²) in [6.07, 6.45) is 7.91. The lowest BCUT2D eigenvalue weighted by Gasteiger charge is -2.47. The maximum Gasteiger partial charge on any atom is 0.0687 e. The minimum atomic E-state index is -0.559. The number of hydrogen-bond donors (Lipinski definition) is 2. The Kier molecular flexibility index (Phi) is 3.96. The smallest absolute Gasteiger partial charge is 0.0687 e. The molecule has 1 fully saturated rings. The van der Waals surface area contributed by atoms with E-state index >= 15 is 0 Å². The average molecular weight is 199 g/mol. The molecule has 1 aliphatic carbocycles. The van der Waals surface area contributed by atoms with Gasteiger partial charge in [0.1, 0.15) is 0 Å². The van der Waals surface area contributed by atoms with Gasteiger partial charge in [-0.25, -0.2) is 0 Å². The average Bonchev–Trinajstić information content (AvgIpc) is 2.18. The van der Waals surface area contributed by atoms with E-state index in [0.29, 0.717) is 6.54 Å². The summed E-state index contributed by atoms with van der Waals surface area (Å²) in [5.41, 5.74) is 5.34. The minimum absolute atomic E-state index is 0.00125. The standard InChI is InChI=1S/C12H25NO/c1-3-7-11(2,14)12(10-13)8-5-4-6-9-12/h14H,3-10,13H2,1-2H3. The van der Waals surface area contributed by atoms with Crippen LogP contribution in [-0.2, 0) is 0 Å². The topological polar surface area (TPSA) is 46.2 Å². The summed E-state index contributed by atoms with van der Waals surface area (Å²) in [5, 5.41) is 10.5. The van der Waals surface area contributed by atoms with Crippen molar-refractivity contribution in [2.75, 3.05) is 6.54 Å². The monoisotopic (exact) mass is 199 g/mol. The highest BCUT2D eigenvalue weighted by atomic mass is 16.3. The molecular formula is C12H25NO. The van der Waals surface area contributed by atoms with Crippen molar-refractivity contribution in [3.05, 3.63) is 0 Å². The Bertz CT molecular complexity index is 171. The van der Waals surface area contributed by atoms with Crippen LogP contribution in [0.2, 0.25) is 0 Å². The van der Waals surface area contributed by atoms with Gasteiger partial charge in [-0.2, -0.15) is 0 Å². The van der Waals surface area contributed by atoms with Crippen LogP contribution in [-0.4, -0.2) is 17.3 Å². The maximum absolute atomic E-state index is 10.5. The van der Waals surface area contributed by atoms with Crippen LogP contribution in [0.25, 0.3) is 0 Å². The lowest BCUT2D eigenvalue weighted by molar-refractivity contribution is -0.0912. The molecule has 3 N–H and O–H groups in total. The molecule has 0 aromatic rings. The molecule has 1 unspecified atom stereocenters. The third-order valence-electron chi connectivity index (χ3n) is 4.08. The summed E-state index contributed by atoms with van der Waals surface area (Å²) in [6.45, 7) is 4.75. The highest BCUT2D eigenvalue weighted by Gasteiger charge is 2.45. The van der Waals surface area contributed by atoms with Crippen LogP contribution in [0.3, 0.4) is 0 Å². The minimum Gasteiger partial charge on any atom is -0.390 e. The molecule has 0 amide bonds. The van der Waals surface area contributed by atoms with Gasteiger partial charge in [0.2, 0.25) is 0 Å². The molecule has 0 bridgehead atoms. The van der Waals surface area contributed by atoms with Crippen LogP contribution in [0.1, 0.15) is 58.8 Å². The predicted octanol–water partition coefficient (Wildman–Crippen LogP) is 2.45. The fraction of sp³-hybridized carbons (Fsp3) is 1.00. The molecule has 1 rings (SSSR count). The van der Waals surface area contributed by atoms with Gasteiger partial charge in [0.05, 0.1) is 5.60 Å². The van der Waals surface area contributed by atoms with Crippen LogP contribution < -0.4 is 5.73 Å². The Hall–Kier alpha value is -0.0800. The third-order valence-corrected chi connectivity index (χ3v) is 4.08. The Morgan fingerprint density at radius 3 is 2.29 bits per heavy atom. The Morgan fingerprint density at radius 1 is 1.29 bits per heavy atom. The van der Waals surface area contributed by atoms with Crippen molar-refractivity contribution in [1.82, 2.24) is 0 Å². The van der Waals surface area contributed by atoms with Crippen LogP contribution in [0.5, 0.6) is 0 Å². The zero-order chi connectivity index (χ0) is 10.7. The van der Waals surface area contributed by atoms with E-state index in [2.05, 4.69) is 6.92 Å². The normalized spacial score (nSPS) is 25.7. The van der Waals surface area contributed by atoms with Gasteiger partial charge in [0, 0.05) is 12.0 Å². The van der Waals surface area contributed by atoms with Crippen molar-refractivity contribution in [1.29, 1.82) is 0 Å². The highest BCUT2D eigenvalue weighted by molar-refractivity contribution is 4.98. The van der Waals surface area contributed by atoms with E-state index in [1.54, 1.807) is 0 Å². The summed E-state index contributed by atoms with van der Waals surface area (Å²) in [6, 6.07) is 0. The summed E-state index contributed by atoms with van der Waals surface area (Å²) >= 11 is 0. The number of nitrogens with two attached hydrogens (primary N) is 1. The molecule has 2 heteroatoms. The second-order valence-corrected chi connectivity index (χ2v) is 5.07. The van der Waals surface area contributed by atoms with Crippen LogP contribution in [0.15, 0.2) is 0 Å². The van der Waals surface area contributed by atoms with Crippen molar-refractivity contribution in [3.63, 3.8) is 0 Å². The summed E-state index contributed by atoms with van der Waals surface area (Å²) < 4.78 is 0. The molecule has 1 atom stereocenters. The first kappa shape index (κ1) is 12.0. The molecule has 0 spiro atoms. The predicted molar refractivity (Wildman–Crippen MR) is 60.1 cm³/mol. The van der Waals surface area contributed by atoms with E-state index in [1.807, 2.05) is 6.92 Å². The summed E-state index contributed by atoms with van der Waals surface area (Å²) in [7, 11) is 0. The molecule has 1 aliphatic rings. The molecular weight excluding hydrogens is 174 g/mol. The van der Waals surface area contributed by atoms with Gasteiger partial charge in [-0.15, -0.1) is 0 Å². The lowest BCUT2D eigenvalue weighted by Crippen LogP contribution is -2.51. The van der Waals surface area contributed by atoms with E-state index in [-0.39, 0.29) is 5.41 Å². The van der Waals surface area contributed by atoms with Gasteiger partial charge in [-0.3, -0.25) is 0 Å². The Labute approximate surface area is 87.9 Å². The first-order chi connectivity index (χ1) is 6.58. The second-order valence-electron chi connectivity index (χ2n) is 5.07. The molecule has 0 aromatic heterocycles. The van der Waals surface area contributed by atoms with E-state index < -0.39 is 5.60 Å². The van der Waals surface area contributed by atoms with Gasteiger partial charge >= 0.3 is 0 Å². The molecule has 0 saturated heterocycles. The number of rotatable bonds is 4. The van der Waals surface area contributed by atoms with Crippen molar-refractivity contribution in [2.45, 2.75) is 64.4 Å². The molecule has 14 heavy (non-hydrogen) atoms. The highest BCUT2D eigenvalue weighted by Crippen LogP contribution is 2.45. The first-order valence-corrected chi connectivity index (χ1v) is 6.00. The van der Waals surface area contributed by atoms with Gasteiger partial charge in [-0.05, 0) is 26.2 Å². The summed E-state index contributed by atoms with van der Waals surface area (Å²) in [5.74, 6) is 0. The quantitative estimate of drug-likeness (QED) is 0.730. The fourth-order valence-corrected chi connectivity index (χ4v) is 2.94. The van der Waals surface area contributed by atoms with Gasteiger partial charge in [-0.1, -0.05) is 32.6 Å². The van der Waals surface area contributed by atoms with Crippen molar-refractivity contribution in [3.8, 4) is 0 Å². The molecule has 0 heterocycles. The third kappa shape index (κ3) is 2.12. The van der Waals surface area contributed by atoms with Crippen LogP contribution in [0, 0.1) is 5.41 Å². The molecule has 84 valence electrons. The Balaban J connectivity index is 2.75. The van der Waals surface area contributed by atoms with Crippen molar-refractivity contribution >= 4 is 0 Å². The largest absolute Gasteiger partial charge is 0.390 e. The first-order valence-electron chi connectivity index (χ1n) is 6.00. The van der Waals surface area contributed by atoms with Gasteiger partial charge in [0.25, 0.3) is 0 Å². The van der Waals surface area contributed by atoms with E-state index in [0.717, 1.165) is 25.7 Å². The van der Waals surface area contributed by atoms with E-state index in [1.165, 1.54) is 19.3 Å². The van der Waals surface area contributed by atoms with Crippen LogP contribution >= 0.6 is 0 Å². The van der Waals surface area contributed by atoms with E-state index in [4.69, 9.17) is 5.73 Å². The molecule has 1 saturated carbocycles. The van der Waals surface area contributed by atoms with Gasteiger partial charge in [0.15, 0.2) is 0 Å². The van der Waals surface area contributed by atoms with E-state index in [9.17, 15) is 5.11 Å². The number of aliphatic hydroxyl groups is 1. The second kappa shape index (κ2) is 4.63. The summed E-state index contributed by atoms with van der Waals surface area (Å²) in [4.78, 5) is 0. The Morgan fingerprint density at radius 2 is 1.86 bits per heavy atom. The van der Waals surface area contributed by atoms with Crippen LogP contribution in [0.4, 0.5) is 0 Å². The van der Waals surface area contributed by atoms with Crippen molar-refractivity contribution < 1.29 is 5.11 Å². The van der Waals surface area contributed by atoms with Gasteiger partial charge < -0.3 is 10.8 Å². The van der Waals surface area contributed by atoms with Crippen molar-refractivity contribution in [2.24, 2.45) is 11.1 Å². The zero-order valence-electron chi connectivity index (χ0n) is 9.68. The number of hydrogen-bond acceptors (Lipinski definition) is 2. The molecule has 0 aliphatic heterocycles. The fourth-order valence-electron chi connectivity index (χ4n) is 2.94. The molecule has 0 aromatic carbocycles. The SMILES string of the molecule is CCCC(C)(O)C1(CN)CCCCC1. The zero-order valence-corrected chi connectivity index (χ0v) is 9.68. The molecule has 0 radical (unpaired) electrons.